The maximum absolute atomic E-state index is 12.2. The zero-order chi connectivity index (χ0) is 25.0. The summed E-state index contributed by atoms with van der Waals surface area (Å²) < 4.78 is 17.4. The highest BCUT2D eigenvalue weighted by Gasteiger charge is 2.20. The van der Waals surface area contributed by atoms with Crippen molar-refractivity contribution < 1.29 is 9.15 Å². The van der Waals surface area contributed by atoms with Crippen molar-refractivity contribution in [2.45, 2.75) is 12.8 Å². The molecule has 37 heavy (non-hydrogen) atoms. The van der Waals surface area contributed by atoms with E-state index in [0.717, 1.165) is 73.6 Å². The summed E-state index contributed by atoms with van der Waals surface area (Å²) in [6, 6.07) is 25.7. The SMILES string of the molecule is O=c1cc(-c2ccccc2)c2ccc(OCCCCN3CCN(c4nsc5ccccc45)CC3)cc2o1. The lowest BCUT2D eigenvalue weighted by atomic mass is 10.0. The summed E-state index contributed by atoms with van der Waals surface area (Å²) in [5, 5.41) is 2.17. The van der Waals surface area contributed by atoms with E-state index in [1.165, 1.54) is 10.1 Å². The third kappa shape index (κ3) is 5.24. The Kier molecular flexibility index (Phi) is 6.88. The van der Waals surface area contributed by atoms with Crippen LogP contribution in [0.4, 0.5) is 5.82 Å². The fourth-order valence-corrected chi connectivity index (χ4v) is 5.80. The van der Waals surface area contributed by atoms with Gasteiger partial charge in [-0.1, -0.05) is 42.5 Å². The molecule has 0 bridgehead atoms. The van der Waals surface area contributed by atoms with Gasteiger partial charge in [0.1, 0.15) is 17.2 Å². The number of fused-ring (bicyclic) bond motifs is 2. The number of hydrogen-bond acceptors (Lipinski definition) is 7. The second-order valence-electron chi connectivity index (χ2n) is 9.39. The minimum Gasteiger partial charge on any atom is -0.493 e. The van der Waals surface area contributed by atoms with Crippen LogP contribution >= 0.6 is 11.5 Å². The van der Waals surface area contributed by atoms with Gasteiger partial charge in [-0.2, -0.15) is 4.37 Å². The first-order valence-electron chi connectivity index (χ1n) is 12.8. The number of anilines is 1. The van der Waals surface area contributed by atoms with Crippen LogP contribution in [0.2, 0.25) is 0 Å². The number of ether oxygens (including phenoxy) is 1. The predicted octanol–water partition coefficient (Wildman–Crippen LogP) is 6.05. The number of benzene rings is 3. The van der Waals surface area contributed by atoms with Gasteiger partial charge in [0.25, 0.3) is 0 Å². The smallest absolute Gasteiger partial charge is 0.336 e. The van der Waals surface area contributed by atoms with Gasteiger partial charge in [-0.3, -0.25) is 4.90 Å². The Hall–Kier alpha value is -3.68. The zero-order valence-corrected chi connectivity index (χ0v) is 21.5. The molecule has 1 aliphatic heterocycles. The first-order valence-corrected chi connectivity index (χ1v) is 13.6. The van der Waals surface area contributed by atoms with Gasteiger partial charge in [-0.05, 0) is 66.3 Å². The van der Waals surface area contributed by atoms with Gasteiger partial charge in [0.05, 0.1) is 11.3 Å². The molecule has 0 unspecified atom stereocenters. The standard InChI is InChI=1S/C30H29N3O3S/c34-29-21-26(22-8-2-1-3-9-22)24-13-12-23(20-27(24)36-29)35-19-7-6-14-32-15-17-33(18-16-32)30-25-10-4-5-11-28(25)37-31-30/h1-5,8-13,20-21H,6-7,14-19H2. The van der Waals surface area contributed by atoms with Crippen LogP contribution < -0.4 is 15.3 Å². The Morgan fingerprint density at radius 3 is 2.54 bits per heavy atom. The van der Waals surface area contributed by atoms with Gasteiger partial charge in [-0.15, -0.1) is 0 Å². The summed E-state index contributed by atoms with van der Waals surface area (Å²) in [5.41, 5.74) is 2.07. The van der Waals surface area contributed by atoms with Gasteiger partial charge < -0.3 is 14.1 Å². The molecule has 0 N–H and O–H groups in total. The number of aromatic nitrogens is 1. The molecule has 0 radical (unpaired) electrons. The van der Waals surface area contributed by atoms with E-state index in [9.17, 15) is 4.79 Å². The lowest BCUT2D eigenvalue weighted by molar-refractivity contribution is 0.238. The van der Waals surface area contributed by atoms with Gasteiger partial charge in [-0.25, -0.2) is 4.79 Å². The van der Waals surface area contributed by atoms with Crippen LogP contribution in [0.5, 0.6) is 5.75 Å². The third-order valence-electron chi connectivity index (χ3n) is 6.97. The molecule has 2 aromatic heterocycles. The van der Waals surface area contributed by atoms with Gasteiger partial charge in [0, 0.05) is 49.1 Å². The molecule has 0 saturated carbocycles. The average molecular weight is 512 g/mol. The second-order valence-corrected chi connectivity index (χ2v) is 10.2. The lowest BCUT2D eigenvalue weighted by Gasteiger charge is -2.35. The topological polar surface area (TPSA) is 58.8 Å². The van der Waals surface area contributed by atoms with Crippen molar-refractivity contribution in [3.63, 3.8) is 0 Å². The van der Waals surface area contributed by atoms with Crippen molar-refractivity contribution in [2.75, 3.05) is 44.2 Å². The summed E-state index contributed by atoms with van der Waals surface area (Å²) >= 11 is 1.59. The van der Waals surface area contributed by atoms with Gasteiger partial charge in [0.2, 0.25) is 0 Å². The van der Waals surface area contributed by atoms with Crippen LogP contribution in [0, 0.1) is 0 Å². The summed E-state index contributed by atoms with van der Waals surface area (Å²) in [5.74, 6) is 1.86. The van der Waals surface area contributed by atoms with Crippen LogP contribution in [0.15, 0.2) is 88.1 Å². The van der Waals surface area contributed by atoms with E-state index in [1.54, 1.807) is 17.6 Å². The summed E-state index contributed by atoms with van der Waals surface area (Å²) in [6.07, 6.45) is 2.06. The third-order valence-corrected chi connectivity index (χ3v) is 7.79. The van der Waals surface area contributed by atoms with Crippen molar-refractivity contribution in [1.82, 2.24) is 9.27 Å². The summed E-state index contributed by atoms with van der Waals surface area (Å²) in [6.45, 7) is 5.84. The number of nitrogens with zero attached hydrogens (tertiary/aromatic N) is 3. The van der Waals surface area contributed by atoms with Crippen LogP contribution in [0.25, 0.3) is 32.2 Å². The molecule has 5 aromatic rings. The normalized spacial score (nSPS) is 14.4. The Morgan fingerprint density at radius 2 is 1.68 bits per heavy atom. The fourth-order valence-electron chi connectivity index (χ4n) is 5.00. The highest BCUT2D eigenvalue weighted by molar-refractivity contribution is 7.13. The van der Waals surface area contributed by atoms with E-state index < -0.39 is 0 Å². The van der Waals surface area contributed by atoms with E-state index in [4.69, 9.17) is 13.5 Å². The first-order chi connectivity index (χ1) is 18.2. The minimum absolute atomic E-state index is 0.355. The molecule has 0 atom stereocenters. The maximum Gasteiger partial charge on any atom is 0.336 e. The molecule has 7 heteroatoms. The molecular weight excluding hydrogens is 482 g/mol. The number of piperazine rings is 1. The molecule has 188 valence electrons. The van der Waals surface area contributed by atoms with E-state index >= 15 is 0 Å². The Labute approximate surface area is 219 Å². The molecule has 0 aliphatic carbocycles. The zero-order valence-electron chi connectivity index (χ0n) is 20.6. The predicted molar refractivity (Wildman–Crippen MR) is 151 cm³/mol. The monoisotopic (exact) mass is 511 g/mol. The Bertz CT molecular complexity index is 1560. The number of hydrogen-bond donors (Lipinski definition) is 0. The summed E-state index contributed by atoms with van der Waals surface area (Å²) in [4.78, 5) is 17.1. The maximum atomic E-state index is 12.2. The van der Waals surface area contributed by atoms with Crippen molar-refractivity contribution in [3.8, 4) is 16.9 Å². The molecule has 1 fully saturated rings. The molecule has 1 aliphatic rings. The van der Waals surface area contributed by atoms with Crippen molar-refractivity contribution in [1.29, 1.82) is 0 Å². The van der Waals surface area contributed by atoms with Crippen LogP contribution in [-0.2, 0) is 0 Å². The molecule has 3 aromatic carbocycles. The van der Waals surface area contributed by atoms with E-state index in [2.05, 4.69) is 34.1 Å². The van der Waals surface area contributed by atoms with E-state index in [0.29, 0.717) is 12.2 Å². The Morgan fingerprint density at radius 1 is 0.865 bits per heavy atom. The molecule has 3 heterocycles. The average Bonchev–Trinajstić information content (AvgIpc) is 3.37. The van der Waals surface area contributed by atoms with Crippen LogP contribution in [0.3, 0.4) is 0 Å². The molecule has 6 rings (SSSR count). The van der Waals surface area contributed by atoms with E-state index in [1.807, 2.05) is 48.5 Å². The number of unbranched alkanes of at least 4 members (excludes halogenated alkanes) is 1. The molecule has 6 nitrogen and oxygen atoms in total. The van der Waals surface area contributed by atoms with Crippen molar-refractivity contribution in [3.05, 3.63) is 89.3 Å². The quantitative estimate of drug-likeness (QED) is 0.187. The first kappa shape index (κ1) is 23.7. The highest BCUT2D eigenvalue weighted by Crippen LogP contribution is 2.31. The highest BCUT2D eigenvalue weighted by atomic mass is 32.1. The van der Waals surface area contributed by atoms with Crippen LogP contribution in [-0.4, -0.2) is 48.6 Å². The van der Waals surface area contributed by atoms with Crippen molar-refractivity contribution in [2.24, 2.45) is 0 Å². The van der Waals surface area contributed by atoms with Gasteiger partial charge >= 0.3 is 5.63 Å². The van der Waals surface area contributed by atoms with Gasteiger partial charge in [0.15, 0.2) is 0 Å². The molecule has 1 saturated heterocycles. The molecule has 0 amide bonds. The summed E-state index contributed by atoms with van der Waals surface area (Å²) in [7, 11) is 0. The number of rotatable bonds is 8. The Balaban J connectivity index is 0.987. The van der Waals surface area contributed by atoms with E-state index in [-0.39, 0.29) is 5.63 Å². The molecular formula is C30H29N3O3S. The van der Waals surface area contributed by atoms with Crippen molar-refractivity contribution >= 4 is 38.4 Å². The minimum atomic E-state index is -0.355. The fraction of sp³-hybridized carbons (Fsp3) is 0.267. The lowest BCUT2D eigenvalue weighted by Crippen LogP contribution is -2.46. The molecule has 0 spiro atoms. The second kappa shape index (κ2) is 10.7. The largest absolute Gasteiger partial charge is 0.493 e. The van der Waals surface area contributed by atoms with Crippen LogP contribution in [0.1, 0.15) is 12.8 Å².